The molecule has 0 aromatic rings. The maximum absolute atomic E-state index is 10.3. The summed E-state index contributed by atoms with van der Waals surface area (Å²) >= 11 is 0. The molecule has 0 unspecified atom stereocenters. The van der Waals surface area contributed by atoms with Crippen molar-refractivity contribution < 1.29 is 9.90 Å². The van der Waals surface area contributed by atoms with E-state index in [0.717, 1.165) is 24.8 Å². The second kappa shape index (κ2) is 4.77. The lowest BCUT2D eigenvalue weighted by Crippen LogP contribution is -2.12. The van der Waals surface area contributed by atoms with E-state index < -0.39 is 5.97 Å². The number of carbonyl (C=O) groups is 1. The van der Waals surface area contributed by atoms with Gasteiger partial charge >= 0.3 is 5.97 Å². The number of rotatable bonds is 4. The molecule has 0 saturated heterocycles. The van der Waals surface area contributed by atoms with Gasteiger partial charge in [0.1, 0.15) is 5.70 Å². The Morgan fingerprint density at radius 1 is 1.55 bits per heavy atom. The zero-order valence-corrected chi connectivity index (χ0v) is 7.05. The Labute approximate surface area is 66.9 Å². The van der Waals surface area contributed by atoms with Crippen molar-refractivity contribution in [3.05, 3.63) is 11.3 Å². The van der Waals surface area contributed by atoms with E-state index in [1.54, 1.807) is 6.92 Å². The second-order valence-electron chi connectivity index (χ2n) is 2.60. The van der Waals surface area contributed by atoms with Crippen LogP contribution in [0.3, 0.4) is 0 Å². The van der Waals surface area contributed by atoms with E-state index in [-0.39, 0.29) is 5.70 Å². The van der Waals surface area contributed by atoms with Gasteiger partial charge in [0, 0.05) is 0 Å². The largest absolute Gasteiger partial charge is 0.477 e. The van der Waals surface area contributed by atoms with Gasteiger partial charge < -0.3 is 10.8 Å². The fourth-order valence-corrected chi connectivity index (χ4v) is 0.759. The molecular weight excluding hydrogens is 142 g/mol. The molecule has 0 aromatic carbocycles. The van der Waals surface area contributed by atoms with Crippen molar-refractivity contribution in [2.24, 2.45) is 5.73 Å². The fourth-order valence-electron chi connectivity index (χ4n) is 0.759. The van der Waals surface area contributed by atoms with E-state index in [1.807, 2.05) is 0 Å². The quantitative estimate of drug-likeness (QED) is 0.608. The van der Waals surface area contributed by atoms with Gasteiger partial charge in [-0.15, -0.1) is 0 Å². The third-order valence-corrected chi connectivity index (χ3v) is 1.60. The highest BCUT2D eigenvalue weighted by atomic mass is 16.4. The minimum absolute atomic E-state index is 0.00144. The highest BCUT2D eigenvalue weighted by Gasteiger charge is 2.04. The van der Waals surface area contributed by atoms with E-state index in [4.69, 9.17) is 10.8 Å². The minimum atomic E-state index is -1.02. The summed E-state index contributed by atoms with van der Waals surface area (Å²) in [7, 11) is 0. The molecule has 0 aliphatic carbocycles. The van der Waals surface area contributed by atoms with Crippen LogP contribution >= 0.6 is 0 Å². The number of allylic oxidation sites excluding steroid dienone is 1. The summed E-state index contributed by atoms with van der Waals surface area (Å²) in [6.45, 7) is 3.82. The molecule has 0 fully saturated rings. The number of aliphatic carboxylic acids is 1. The van der Waals surface area contributed by atoms with Crippen LogP contribution in [-0.4, -0.2) is 11.1 Å². The third kappa shape index (κ3) is 3.65. The minimum Gasteiger partial charge on any atom is -0.477 e. The molecule has 0 rings (SSSR count). The standard InChI is InChI=1S/C8H15NO2/c1-3-4-5-6(2)7(9)8(10)11/h3-5,9H2,1-2H3,(H,10,11). The summed E-state index contributed by atoms with van der Waals surface area (Å²) in [5, 5.41) is 8.47. The molecule has 11 heavy (non-hydrogen) atoms. The Bertz CT molecular complexity index is 173. The molecule has 3 N–H and O–H groups in total. The first-order valence-electron chi connectivity index (χ1n) is 3.78. The summed E-state index contributed by atoms with van der Waals surface area (Å²) in [6.07, 6.45) is 2.85. The van der Waals surface area contributed by atoms with E-state index in [1.165, 1.54) is 0 Å². The third-order valence-electron chi connectivity index (χ3n) is 1.60. The maximum atomic E-state index is 10.3. The number of nitrogens with two attached hydrogens (primary N) is 1. The van der Waals surface area contributed by atoms with Gasteiger partial charge in [0.15, 0.2) is 0 Å². The monoisotopic (exact) mass is 157 g/mol. The molecule has 0 aliphatic heterocycles. The van der Waals surface area contributed by atoms with Gasteiger partial charge in [0.05, 0.1) is 0 Å². The van der Waals surface area contributed by atoms with Crippen LogP contribution in [0.15, 0.2) is 11.3 Å². The van der Waals surface area contributed by atoms with Gasteiger partial charge in [-0.05, 0) is 25.3 Å². The lowest BCUT2D eigenvalue weighted by atomic mass is 10.1. The highest BCUT2D eigenvalue weighted by molar-refractivity contribution is 5.86. The maximum Gasteiger partial charge on any atom is 0.351 e. The Kier molecular flexibility index (Phi) is 4.34. The van der Waals surface area contributed by atoms with Crippen LogP contribution in [0.4, 0.5) is 0 Å². The van der Waals surface area contributed by atoms with Crippen LogP contribution in [0.2, 0.25) is 0 Å². The van der Waals surface area contributed by atoms with Gasteiger partial charge in [-0.3, -0.25) is 0 Å². The van der Waals surface area contributed by atoms with E-state index in [2.05, 4.69) is 6.92 Å². The van der Waals surface area contributed by atoms with Crippen LogP contribution < -0.4 is 5.73 Å². The molecule has 0 aliphatic rings. The SMILES string of the molecule is CCCCC(C)=C(N)C(=O)O. The number of carboxylic acids is 1. The van der Waals surface area contributed by atoms with Crippen LogP contribution in [0.5, 0.6) is 0 Å². The fraction of sp³-hybridized carbons (Fsp3) is 0.625. The zero-order valence-electron chi connectivity index (χ0n) is 7.05. The molecule has 0 heterocycles. The molecule has 64 valence electrons. The first-order valence-corrected chi connectivity index (χ1v) is 3.78. The van der Waals surface area contributed by atoms with Crippen molar-refractivity contribution in [1.29, 1.82) is 0 Å². The molecule has 3 nitrogen and oxygen atoms in total. The lowest BCUT2D eigenvalue weighted by molar-refractivity contribution is -0.132. The Balaban J connectivity index is 4.05. The van der Waals surface area contributed by atoms with E-state index in [9.17, 15) is 4.79 Å². The van der Waals surface area contributed by atoms with Crippen LogP contribution in [0.1, 0.15) is 33.1 Å². The van der Waals surface area contributed by atoms with Crippen LogP contribution in [0.25, 0.3) is 0 Å². The molecule has 0 saturated carbocycles. The smallest absolute Gasteiger partial charge is 0.351 e. The van der Waals surface area contributed by atoms with Crippen LogP contribution in [-0.2, 0) is 4.79 Å². The topological polar surface area (TPSA) is 63.3 Å². The first kappa shape index (κ1) is 10.0. The zero-order chi connectivity index (χ0) is 8.85. The Hall–Kier alpha value is -0.990. The van der Waals surface area contributed by atoms with Crippen molar-refractivity contribution in [2.75, 3.05) is 0 Å². The van der Waals surface area contributed by atoms with E-state index >= 15 is 0 Å². The average molecular weight is 157 g/mol. The molecule has 0 radical (unpaired) electrons. The highest BCUT2D eigenvalue weighted by Crippen LogP contribution is 2.08. The van der Waals surface area contributed by atoms with E-state index in [0.29, 0.717) is 0 Å². The van der Waals surface area contributed by atoms with Gasteiger partial charge in [0.25, 0.3) is 0 Å². The number of unbranched alkanes of at least 4 members (excludes halogenated alkanes) is 1. The van der Waals surface area contributed by atoms with Crippen molar-refractivity contribution in [3.63, 3.8) is 0 Å². The van der Waals surface area contributed by atoms with Gasteiger partial charge in [0.2, 0.25) is 0 Å². The van der Waals surface area contributed by atoms with Crippen LogP contribution in [0, 0.1) is 0 Å². The normalized spacial score (nSPS) is 12.5. The first-order chi connectivity index (χ1) is 5.09. The van der Waals surface area contributed by atoms with Gasteiger partial charge in [-0.2, -0.15) is 0 Å². The molecule has 0 atom stereocenters. The average Bonchev–Trinajstić information content (AvgIpc) is 1.98. The molecule has 0 amide bonds. The summed E-state index contributed by atoms with van der Waals surface area (Å²) < 4.78 is 0. The van der Waals surface area contributed by atoms with Crippen molar-refractivity contribution >= 4 is 5.97 Å². The summed E-state index contributed by atoms with van der Waals surface area (Å²) in [5.74, 6) is -1.02. The Morgan fingerprint density at radius 3 is 2.45 bits per heavy atom. The summed E-state index contributed by atoms with van der Waals surface area (Å²) in [6, 6.07) is 0. The predicted octanol–water partition coefficient (Wildman–Crippen LogP) is 1.49. The lowest BCUT2D eigenvalue weighted by Gasteiger charge is -2.01. The number of carboxylic acid groups (broad SMARTS) is 1. The van der Waals surface area contributed by atoms with Crippen molar-refractivity contribution in [3.8, 4) is 0 Å². The van der Waals surface area contributed by atoms with Gasteiger partial charge in [-0.1, -0.05) is 13.3 Å². The second-order valence-corrected chi connectivity index (χ2v) is 2.60. The van der Waals surface area contributed by atoms with Crippen molar-refractivity contribution in [2.45, 2.75) is 33.1 Å². The molecular formula is C8H15NO2. The molecule has 0 aromatic heterocycles. The molecule has 0 bridgehead atoms. The molecule has 0 spiro atoms. The molecule has 3 heteroatoms. The van der Waals surface area contributed by atoms with Crippen molar-refractivity contribution in [1.82, 2.24) is 0 Å². The van der Waals surface area contributed by atoms with Gasteiger partial charge in [-0.25, -0.2) is 4.79 Å². The summed E-state index contributed by atoms with van der Waals surface area (Å²) in [5.41, 5.74) is 6.06. The number of hydrogen-bond donors (Lipinski definition) is 2. The summed E-state index contributed by atoms with van der Waals surface area (Å²) in [4.78, 5) is 10.3. The Morgan fingerprint density at radius 2 is 2.09 bits per heavy atom. The number of hydrogen-bond acceptors (Lipinski definition) is 2. The predicted molar refractivity (Wildman–Crippen MR) is 44.0 cm³/mol.